The summed E-state index contributed by atoms with van der Waals surface area (Å²) in [7, 11) is 0. The van der Waals surface area contributed by atoms with Gasteiger partial charge in [-0.3, -0.25) is 4.40 Å². The van der Waals surface area contributed by atoms with Gasteiger partial charge in [-0.1, -0.05) is 41.0 Å². The highest BCUT2D eigenvalue weighted by Crippen LogP contribution is 2.43. The van der Waals surface area contributed by atoms with E-state index in [0.29, 0.717) is 56.8 Å². The molecule has 3 N–H and O–H groups in total. The molecule has 1 aromatic carbocycles. The third-order valence-corrected chi connectivity index (χ3v) is 9.02. The van der Waals surface area contributed by atoms with Gasteiger partial charge < -0.3 is 20.5 Å². The van der Waals surface area contributed by atoms with E-state index in [2.05, 4.69) is 16.0 Å². The Bertz CT molecular complexity index is 1280. The number of aromatic nitrogens is 3. The summed E-state index contributed by atoms with van der Waals surface area (Å²) in [4.78, 5) is 12.7. The average molecular weight is 519 g/mol. The van der Waals surface area contributed by atoms with Gasteiger partial charge in [-0.2, -0.15) is 5.26 Å². The molecule has 2 unspecified atom stereocenters. The van der Waals surface area contributed by atoms with Crippen LogP contribution in [0.1, 0.15) is 31.2 Å². The number of nitrogens with two attached hydrogens (primary N) is 1. The Morgan fingerprint density at radius 1 is 1.35 bits per heavy atom. The largest absolute Gasteiger partial charge is 0.390 e. The van der Waals surface area contributed by atoms with Gasteiger partial charge in [0.2, 0.25) is 5.95 Å². The molecule has 34 heavy (non-hydrogen) atoms. The molecule has 0 amide bonds. The monoisotopic (exact) mass is 518 g/mol. The van der Waals surface area contributed by atoms with Gasteiger partial charge in [-0.25, -0.2) is 9.97 Å². The van der Waals surface area contributed by atoms with Crippen LogP contribution in [0, 0.1) is 16.7 Å². The normalized spacial score (nSPS) is 21.9. The average Bonchev–Trinajstić information content (AvgIpc) is 3.40. The first-order chi connectivity index (χ1) is 16.4. The van der Waals surface area contributed by atoms with Gasteiger partial charge in [0, 0.05) is 29.4 Å². The Kier molecular flexibility index (Phi) is 6.40. The van der Waals surface area contributed by atoms with Crippen LogP contribution in [0.2, 0.25) is 10.0 Å². The Morgan fingerprint density at radius 2 is 2.12 bits per heavy atom. The third-order valence-electron chi connectivity index (χ3n) is 6.95. The molecule has 2 fully saturated rings. The van der Waals surface area contributed by atoms with Crippen molar-refractivity contribution in [3.63, 3.8) is 0 Å². The molecule has 0 radical (unpaired) electrons. The van der Waals surface area contributed by atoms with E-state index in [1.54, 1.807) is 18.3 Å². The lowest BCUT2D eigenvalue weighted by molar-refractivity contribution is 0.0973. The Morgan fingerprint density at radius 3 is 2.76 bits per heavy atom. The number of hydrogen-bond donors (Lipinski definition) is 2. The summed E-state index contributed by atoms with van der Waals surface area (Å²) < 4.78 is 7.67. The van der Waals surface area contributed by atoms with Crippen LogP contribution in [0.3, 0.4) is 0 Å². The maximum Gasteiger partial charge on any atom is 0.212 e. The van der Waals surface area contributed by atoms with Crippen molar-refractivity contribution in [1.29, 1.82) is 5.26 Å². The van der Waals surface area contributed by atoms with Gasteiger partial charge in [0.25, 0.3) is 0 Å². The molecule has 2 atom stereocenters. The summed E-state index contributed by atoms with van der Waals surface area (Å²) in [5.74, 6) is 0.588. The van der Waals surface area contributed by atoms with Crippen molar-refractivity contribution in [2.24, 2.45) is 11.1 Å². The number of piperidine rings is 1. The Labute approximate surface area is 211 Å². The summed E-state index contributed by atoms with van der Waals surface area (Å²) in [6.45, 7) is 3.91. The first-order valence-electron chi connectivity index (χ1n) is 11.0. The van der Waals surface area contributed by atoms with E-state index in [-0.39, 0.29) is 29.9 Å². The molecule has 5 rings (SSSR count). The Hall–Kier alpha value is -2.06. The summed E-state index contributed by atoms with van der Waals surface area (Å²) in [5, 5.41) is 20.8. The van der Waals surface area contributed by atoms with E-state index < -0.39 is 0 Å². The highest BCUT2D eigenvalue weighted by Gasteiger charge is 2.48. The fourth-order valence-electron chi connectivity index (χ4n) is 4.87. The molecule has 8 nitrogen and oxygen atoms in total. The highest BCUT2D eigenvalue weighted by atomic mass is 35.5. The SMILES string of the molecule is CC1OCC2(CCN(c3nc(C#N)c(Sc4cccc(Cl)c4Cl)c4ncc(CO)n34)CC2)C1N. The summed E-state index contributed by atoms with van der Waals surface area (Å²) >= 11 is 13.9. The molecule has 11 heteroatoms. The van der Waals surface area contributed by atoms with Crippen LogP contribution < -0.4 is 10.6 Å². The fourth-order valence-corrected chi connectivity index (χ4v) is 6.33. The number of halogens is 2. The van der Waals surface area contributed by atoms with Gasteiger partial charge in [0.1, 0.15) is 6.07 Å². The molecule has 2 aliphatic rings. The van der Waals surface area contributed by atoms with Crippen LogP contribution in [0.25, 0.3) is 5.65 Å². The molecule has 2 aliphatic heterocycles. The lowest BCUT2D eigenvalue weighted by Gasteiger charge is -2.41. The zero-order valence-corrected chi connectivity index (χ0v) is 20.9. The highest BCUT2D eigenvalue weighted by molar-refractivity contribution is 7.99. The molecule has 1 spiro atoms. The number of benzene rings is 1. The second-order valence-electron chi connectivity index (χ2n) is 8.81. The van der Waals surface area contributed by atoms with Gasteiger partial charge >= 0.3 is 0 Å². The molecule has 0 saturated carbocycles. The van der Waals surface area contributed by atoms with Crippen molar-refractivity contribution >= 4 is 46.6 Å². The maximum atomic E-state index is 10.0. The number of imidazole rings is 1. The molecule has 0 bridgehead atoms. The van der Waals surface area contributed by atoms with Crippen LogP contribution in [0.4, 0.5) is 5.95 Å². The minimum atomic E-state index is -0.211. The molecule has 4 heterocycles. The zero-order chi connectivity index (χ0) is 24.0. The minimum Gasteiger partial charge on any atom is -0.390 e. The number of nitriles is 1. The van der Waals surface area contributed by atoms with Crippen molar-refractivity contribution < 1.29 is 9.84 Å². The van der Waals surface area contributed by atoms with E-state index in [9.17, 15) is 10.4 Å². The van der Waals surface area contributed by atoms with Crippen molar-refractivity contribution in [2.45, 2.75) is 48.3 Å². The topological polar surface area (TPSA) is 113 Å². The minimum absolute atomic E-state index is 0.000216. The molecular formula is C23H24Cl2N6O2S. The van der Waals surface area contributed by atoms with Crippen LogP contribution in [-0.4, -0.2) is 51.3 Å². The number of rotatable bonds is 4. The summed E-state index contributed by atoms with van der Waals surface area (Å²) in [6, 6.07) is 7.56. The van der Waals surface area contributed by atoms with E-state index in [0.717, 1.165) is 12.8 Å². The number of aliphatic hydroxyl groups excluding tert-OH is 1. The van der Waals surface area contributed by atoms with E-state index in [1.165, 1.54) is 11.8 Å². The van der Waals surface area contributed by atoms with Crippen LogP contribution >= 0.6 is 35.0 Å². The lowest BCUT2D eigenvalue weighted by Crippen LogP contribution is -2.51. The van der Waals surface area contributed by atoms with Crippen LogP contribution in [-0.2, 0) is 11.3 Å². The van der Waals surface area contributed by atoms with Crippen molar-refractivity contribution in [3.8, 4) is 6.07 Å². The molecule has 0 aliphatic carbocycles. The molecule has 2 saturated heterocycles. The first-order valence-corrected chi connectivity index (χ1v) is 12.6. The number of fused-ring (bicyclic) bond motifs is 1. The Balaban J connectivity index is 1.55. The lowest BCUT2D eigenvalue weighted by atomic mass is 9.73. The number of aliphatic hydroxyl groups is 1. The summed E-state index contributed by atoms with van der Waals surface area (Å²) in [5.41, 5.74) is 7.82. The maximum absolute atomic E-state index is 10.0. The quantitative estimate of drug-likeness (QED) is 0.534. The smallest absolute Gasteiger partial charge is 0.212 e. The molecule has 2 aromatic heterocycles. The number of anilines is 1. The first kappa shape index (κ1) is 23.7. The van der Waals surface area contributed by atoms with Crippen molar-refractivity contribution in [1.82, 2.24) is 14.4 Å². The van der Waals surface area contributed by atoms with Crippen LogP contribution in [0.5, 0.6) is 0 Å². The van der Waals surface area contributed by atoms with Crippen molar-refractivity contribution in [3.05, 3.63) is 45.8 Å². The van der Waals surface area contributed by atoms with Crippen molar-refractivity contribution in [2.75, 3.05) is 24.6 Å². The van der Waals surface area contributed by atoms with Gasteiger partial charge in [0.15, 0.2) is 11.3 Å². The number of hydrogen-bond acceptors (Lipinski definition) is 8. The predicted molar refractivity (Wildman–Crippen MR) is 131 cm³/mol. The molecule has 3 aromatic rings. The van der Waals surface area contributed by atoms with Gasteiger partial charge in [-0.15, -0.1) is 0 Å². The molecular weight excluding hydrogens is 495 g/mol. The van der Waals surface area contributed by atoms with Crippen LogP contribution in [0.15, 0.2) is 34.2 Å². The second kappa shape index (κ2) is 9.19. The van der Waals surface area contributed by atoms with E-state index in [1.807, 2.05) is 17.4 Å². The third kappa shape index (κ3) is 3.83. The van der Waals surface area contributed by atoms with Gasteiger partial charge in [-0.05, 0) is 31.9 Å². The van der Waals surface area contributed by atoms with E-state index in [4.69, 9.17) is 38.7 Å². The zero-order valence-electron chi connectivity index (χ0n) is 18.5. The number of ether oxygens (including phenoxy) is 1. The second-order valence-corrected chi connectivity index (χ2v) is 10.7. The van der Waals surface area contributed by atoms with E-state index >= 15 is 0 Å². The molecule has 178 valence electrons. The van der Waals surface area contributed by atoms with Gasteiger partial charge in [0.05, 0.1) is 46.1 Å². The summed E-state index contributed by atoms with van der Waals surface area (Å²) in [6.07, 6.45) is 3.38. The standard InChI is InChI=1S/C23H24Cl2N6O2S/c1-13-20(27)23(12-33-13)5-7-30(8-6-23)22-29-16(9-26)19(21-28-10-14(11-32)31(21)22)34-17-4-2-3-15(24)18(17)25/h2-4,10,13,20,32H,5-8,11-12,27H2,1H3. The predicted octanol–water partition coefficient (Wildman–Crippen LogP) is 3.88. The number of nitrogens with zero attached hydrogens (tertiary/aromatic N) is 5. The fraction of sp³-hybridized carbons (Fsp3) is 0.435.